The number of nitrogens with zero attached hydrogens (tertiary/aromatic N) is 2. The van der Waals surface area contributed by atoms with Crippen LogP contribution in [0.25, 0.3) is 78.1 Å². The van der Waals surface area contributed by atoms with Crippen LogP contribution in [0.1, 0.15) is 22.3 Å². The van der Waals surface area contributed by atoms with Gasteiger partial charge in [-0.3, -0.25) is 9.97 Å². The molecule has 2 heterocycles. The summed E-state index contributed by atoms with van der Waals surface area (Å²) in [6.07, 6.45) is 3.98. The minimum Gasteiger partial charge on any atom is -0.256 e. The predicted molar refractivity (Wildman–Crippen MR) is 234 cm³/mol. The number of rotatable bonds is 7. The highest BCUT2D eigenvalue weighted by Crippen LogP contribution is 2.45. The lowest BCUT2D eigenvalue weighted by Crippen LogP contribution is -1.95. The van der Waals surface area contributed by atoms with Gasteiger partial charge in [0.25, 0.3) is 0 Å². The van der Waals surface area contributed by atoms with Gasteiger partial charge in [0, 0.05) is 43.6 Å². The Bertz CT molecular complexity index is 2490. The monoisotopic (exact) mass is 824 g/mol. The van der Waals surface area contributed by atoms with Crippen molar-refractivity contribution < 1.29 is 0 Å². The van der Waals surface area contributed by atoms with Crippen LogP contribution in [0.4, 0.5) is 0 Å². The predicted octanol–water partition coefficient (Wildman–Crippen LogP) is 14.9. The topological polar surface area (TPSA) is 25.8 Å². The van der Waals surface area contributed by atoms with Crippen molar-refractivity contribution >= 4 is 31.9 Å². The Morgan fingerprint density at radius 2 is 0.796 bits per heavy atom. The van der Waals surface area contributed by atoms with Crippen LogP contribution in [0.3, 0.4) is 0 Å². The Labute approximate surface area is 334 Å². The molecule has 0 bridgehead atoms. The maximum Gasteiger partial charge on any atom is 0.0705 e. The number of pyridine rings is 2. The summed E-state index contributed by atoms with van der Waals surface area (Å²) in [6, 6.07) is 51.9. The van der Waals surface area contributed by atoms with Gasteiger partial charge in [-0.25, -0.2) is 0 Å². The van der Waals surface area contributed by atoms with E-state index in [0.29, 0.717) is 0 Å². The van der Waals surface area contributed by atoms with Crippen LogP contribution in [0, 0.1) is 27.7 Å². The first kappa shape index (κ1) is 35.6. The van der Waals surface area contributed by atoms with Crippen LogP contribution < -0.4 is 0 Å². The van der Waals surface area contributed by atoms with Gasteiger partial charge in [-0.2, -0.15) is 0 Å². The molecule has 0 amide bonds. The first-order valence-corrected chi connectivity index (χ1v) is 19.7. The van der Waals surface area contributed by atoms with E-state index in [-0.39, 0.29) is 0 Å². The van der Waals surface area contributed by atoms with Gasteiger partial charge >= 0.3 is 0 Å². The lowest BCUT2D eigenvalue weighted by molar-refractivity contribution is 1.28. The zero-order chi connectivity index (χ0) is 37.3. The lowest BCUT2D eigenvalue weighted by atomic mass is 9.86. The van der Waals surface area contributed by atoms with E-state index in [4.69, 9.17) is 9.97 Å². The second-order valence-electron chi connectivity index (χ2n) is 14.0. The molecule has 0 N–H and O–H groups in total. The SMILES string of the molecule is Cc1cc(C)cc(-c2c(-c3ccc(-c4cc(C)c(-c5ccccc5)cn4)cc3Br)cccc2-c2ccc(-c3cc(C)c(-c4ccccc4)cn3)cc2Br)c1. The van der Waals surface area contributed by atoms with Crippen molar-refractivity contribution in [3.63, 3.8) is 0 Å². The molecule has 0 radical (unpaired) electrons. The van der Waals surface area contributed by atoms with Crippen molar-refractivity contribution in [3.05, 3.63) is 189 Å². The number of hydrogen-bond acceptors (Lipinski definition) is 2. The number of aryl methyl sites for hydroxylation is 4. The van der Waals surface area contributed by atoms with Crippen molar-refractivity contribution in [2.75, 3.05) is 0 Å². The molecule has 0 unspecified atom stereocenters. The highest BCUT2D eigenvalue weighted by atomic mass is 79.9. The Hall–Kier alpha value is -5.42. The highest BCUT2D eigenvalue weighted by Gasteiger charge is 2.19. The fourth-order valence-corrected chi connectivity index (χ4v) is 8.67. The second kappa shape index (κ2) is 15.1. The minimum atomic E-state index is 0.950. The number of hydrogen-bond donors (Lipinski definition) is 0. The van der Waals surface area contributed by atoms with E-state index in [1.165, 1.54) is 44.5 Å². The van der Waals surface area contributed by atoms with Crippen LogP contribution in [-0.4, -0.2) is 9.97 Å². The first-order chi connectivity index (χ1) is 26.2. The van der Waals surface area contributed by atoms with Crippen LogP contribution >= 0.6 is 31.9 Å². The molecule has 2 aromatic heterocycles. The molecule has 0 saturated carbocycles. The molecular weight excluding hydrogens is 788 g/mol. The Balaban J connectivity index is 1.20. The minimum absolute atomic E-state index is 0.950. The Morgan fingerprint density at radius 3 is 1.20 bits per heavy atom. The smallest absolute Gasteiger partial charge is 0.0705 e. The molecular formula is C50H38Br2N2. The summed E-state index contributed by atoms with van der Waals surface area (Å²) in [7, 11) is 0. The fourth-order valence-electron chi connectivity index (χ4n) is 7.48. The summed E-state index contributed by atoms with van der Waals surface area (Å²) in [5.41, 5.74) is 20.5. The van der Waals surface area contributed by atoms with Gasteiger partial charge in [0.2, 0.25) is 0 Å². The second-order valence-corrected chi connectivity index (χ2v) is 15.7. The molecule has 8 rings (SSSR count). The van der Waals surface area contributed by atoms with Crippen molar-refractivity contribution in [3.8, 4) is 78.1 Å². The van der Waals surface area contributed by atoms with E-state index in [0.717, 1.165) is 64.8 Å². The van der Waals surface area contributed by atoms with E-state index in [9.17, 15) is 0 Å². The van der Waals surface area contributed by atoms with Crippen LogP contribution in [-0.2, 0) is 0 Å². The molecule has 0 aliphatic heterocycles. The van der Waals surface area contributed by atoms with Crippen molar-refractivity contribution in [1.29, 1.82) is 0 Å². The summed E-state index contributed by atoms with van der Waals surface area (Å²) in [5, 5.41) is 0. The standard InChI is InChI=1S/C50H38Br2N2/c1-31-22-32(2)24-39(23-31)50-42(40-20-18-37(27-46(40)51)48-25-33(3)44(29-53-48)35-12-7-5-8-13-35)16-11-17-43(50)41-21-19-38(28-47(41)52)49-26-34(4)45(30-54-49)36-14-9-6-10-15-36/h5-30H,1-4H3. The molecule has 2 nitrogen and oxygen atoms in total. The summed E-state index contributed by atoms with van der Waals surface area (Å²) < 4.78 is 2.04. The van der Waals surface area contributed by atoms with E-state index in [1.54, 1.807) is 0 Å². The molecule has 0 aliphatic rings. The number of benzene rings is 6. The maximum atomic E-state index is 4.90. The molecule has 0 atom stereocenters. The van der Waals surface area contributed by atoms with Gasteiger partial charge in [-0.1, -0.05) is 164 Å². The van der Waals surface area contributed by atoms with Gasteiger partial charge in [0.15, 0.2) is 0 Å². The zero-order valence-electron chi connectivity index (χ0n) is 30.7. The van der Waals surface area contributed by atoms with Crippen LogP contribution in [0.5, 0.6) is 0 Å². The number of aromatic nitrogens is 2. The molecule has 0 aliphatic carbocycles. The maximum absolute atomic E-state index is 4.90. The van der Waals surface area contributed by atoms with Crippen LogP contribution in [0.15, 0.2) is 167 Å². The van der Waals surface area contributed by atoms with Crippen molar-refractivity contribution in [1.82, 2.24) is 9.97 Å². The van der Waals surface area contributed by atoms with Gasteiger partial charge in [-0.15, -0.1) is 0 Å². The van der Waals surface area contributed by atoms with Gasteiger partial charge in [0.1, 0.15) is 0 Å². The average Bonchev–Trinajstić information content (AvgIpc) is 3.18. The van der Waals surface area contributed by atoms with E-state index in [1.807, 2.05) is 24.5 Å². The Morgan fingerprint density at radius 1 is 0.352 bits per heavy atom. The highest BCUT2D eigenvalue weighted by molar-refractivity contribution is 9.11. The average molecular weight is 827 g/mol. The third-order valence-corrected chi connectivity index (χ3v) is 11.4. The molecule has 54 heavy (non-hydrogen) atoms. The van der Waals surface area contributed by atoms with E-state index >= 15 is 0 Å². The van der Waals surface area contributed by atoms with Crippen molar-refractivity contribution in [2.45, 2.75) is 27.7 Å². The van der Waals surface area contributed by atoms with E-state index < -0.39 is 0 Å². The first-order valence-electron chi connectivity index (χ1n) is 18.1. The quantitative estimate of drug-likeness (QED) is 0.160. The molecule has 0 spiro atoms. The fraction of sp³-hybridized carbons (Fsp3) is 0.0800. The molecule has 8 aromatic rings. The molecule has 0 saturated heterocycles. The zero-order valence-corrected chi connectivity index (χ0v) is 33.8. The van der Waals surface area contributed by atoms with Crippen LogP contribution in [0.2, 0.25) is 0 Å². The van der Waals surface area contributed by atoms with Gasteiger partial charge in [0.05, 0.1) is 11.4 Å². The molecule has 262 valence electrons. The normalized spacial score (nSPS) is 11.1. The summed E-state index contributed by atoms with van der Waals surface area (Å²) in [6.45, 7) is 8.65. The summed E-state index contributed by atoms with van der Waals surface area (Å²) in [4.78, 5) is 9.80. The molecule has 6 aromatic carbocycles. The van der Waals surface area contributed by atoms with Gasteiger partial charge < -0.3 is 0 Å². The number of halogens is 2. The molecule has 4 heteroatoms. The Kier molecular flexibility index (Phi) is 9.98. The molecule has 0 fully saturated rings. The largest absolute Gasteiger partial charge is 0.256 e. The summed E-state index contributed by atoms with van der Waals surface area (Å²) in [5.74, 6) is 0. The lowest BCUT2D eigenvalue weighted by Gasteiger charge is -2.20. The van der Waals surface area contributed by atoms with E-state index in [2.05, 4.69) is 193 Å². The third-order valence-electron chi connectivity index (χ3n) is 10.1. The van der Waals surface area contributed by atoms with Crippen molar-refractivity contribution in [2.24, 2.45) is 0 Å². The summed E-state index contributed by atoms with van der Waals surface area (Å²) >= 11 is 8.00. The van der Waals surface area contributed by atoms with Gasteiger partial charge in [-0.05, 0) is 108 Å². The third kappa shape index (κ3) is 7.12.